The third kappa shape index (κ3) is 5.66. The van der Waals surface area contributed by atoms with Gasteiger partial charge in [-0.1, -0.05) is 91.0 Å². The van der Waals surface area contributed by atoms with Crippen molar-refractivity contribution in [3.8, 4) is 22.6 Å². The molecule has 0 saturated carbocycles. The molecular formula is C43H33O4+. The van der Waals surface area contributed by atoms with Gasteiger partial charge in [0.05, 0.1) is 33.4 Å². The maximum absolute atomic E-state index is 13.7. The number of hydrogen-bond acceptors (Lipinski definition) is 3. The van der Waals surface area contributed by atoms with E-state index in [4.69, 9.17) is 9.15 Å². The molecule has 1 aromatic heterocycles. The molecule has 0 saturated heterocycles. The van der Waals surface area contributed by atoms with Crippen LogP contribution >= 0.6 is 0 Å². The van der Waals surface area contributed by atoms with Crippen LogP contribution in [0.15, 0.2) is 160 Å². The van der Waals surface area contributed by atoms with E-state index in [1.165, 1.54) is 0 Å². The van der Waals surface area contributed by atoms with E-state index in [9.17, 15) is 9.90 Å². The van der Waals surface area contributed by atoms with Gasteiger partial charge in [0.1, 0.15) is 17.3 Å². The van der Waals surface area contributed by atoms with Crippen LogP contribution in [0.3, 0.4) is 0 Å². The summed E-state index contributed by atoms with van der Waals surface area (Å²) in [4.78, 5) is 13.7. The highest BCUT2D eigenvalue weighted by atomic mass is 16.5. The molecule has 47 heavy (non-hydrogen) atoms. The van der Waals surface area contributed by atoms with Crippen LogP contribution in [0.1, 0.15) is 33.4 Å². The highest BCUT2D eigenvalue weighted by Gasteiger charge is 2.35. The third-order valence-electron chi connectivity index (χ3n) is 8.65. The Hall–Kier alpha value is -6.00. The number of aliphatic hydroxyl groups is 1. The van der Waals surface area contributed by atoms with Crippen molar-refractivity contribution in [2.24, 2.45) is 0 Å². The molecule has 0 atom stereocenters. The quantitative estimate of drug-likeness (QED) is 0.153. The molecule has 5 aromatic rings. The molecule has 0 bridgehead atoms. The average Bonchev–Trinajstić information content (AvgIpc) is 3.12. The minimum Gasteiger partial charge on any atom is -0.506 e. The van der Waals surface area contributed by atoms with Crippen LogP contribution in [-0.4, -0.2) is 10.9 Å². The van der Waals surface area contributed by atoms with Gasteiger partial charge in [-0.25, -0.2) is 4.42 Å². The Labute approximate surface area is 274 Å². The molecule has 7 rings (SSSR count). The van der Waals surface area contributed by atoms with Gasteiger partial charge >= 0.3 is 11.5 Å². The fraction of sp³-hybridized carbons (Fsp3) is 0.0698. The maximum Gasteiger partial charge on any atom is 0.364 e. The number of ether oxygens (including phenoxy) is 1. The second kappa shape index (κ2) is 12.4. The largest absolute Gasteiger partial charge is 0.506 e. The predicted molar refractivity (Wildman–Crippen MR) is 189 cm³/mol. The molecule has 0 spiro atoms. The lowest BCUT2D eigenvalue weighted by Crippen LogP contribution is -2.21. The predicted octanol–water partition coefficient (Wildman–Crippen LogP) is 10.6. The number of hydrogen-bond donors (Lipinski definition) is 1. The number of ketones is 1. The van der Waals surface area contributed by atoms with Crippen molar-refractivity contribution in [3.63, 3.8) is 0 Å². The Balaban J connectivity index is 1.33. The lowest BCUT2D eigenvalue weighted by Gasteiger charge is -2.22. The number of benzene rings is 4. The zero-order valence-electron chi connectivity index (χ0n) is 26.5. The first kappa shape index (κ1) is 29.7. The van der Waals surface area contributed by atoms with Crippen molar-refractivity contribution in [3.05, 3.63) is 189 Å². The summed E-state index contributed by atoms with van der Waals surface area (Å²) in [6.07, 6.45) is 7.35. The summed E-state index contributed by atoms with van der Waals surface area (Å²) in [6, 6.07) is 37.7. The molecule has 228 valence electrons. The molecule has 4 aromatic carbocycles. The van der Waals surface area contributed by atoms with Crippen LogP contribution in [0, 0.1) is 20.8 Å². The highest BCUT2D eigenvalue weighted by Crippen LogP contribution is 2.40. The standard InChI is InChI=1S/C43H32O4/c1-27-15-13-14-22-34(27)39-25-30(24-38(46-39)31-16-7-4-8-17-31)23-36-40(44)37(41(36)45)26-35-28(2)42(32-18-9-5-10-19-32)47-43(29(35)3)33-20-11-6-12-21-33/h4-26H,1-3H3/p+1. The lowest BCUT2D eigenvalue weighted by molar-refractivity contribution is -0.113. The van der Waals surface area contributed by atoms with Crippen molar-refractivity contribution < 1.29 is 19.1 Å². The van der Waals surface area contributed by atoms with E-state index in [0.717, 1.165) is 50.1 Å². The van der Waals surface area contributed by atoms with E-state index >= 15 is 0 Å². The van der Waals surface area contributed by atoms with Gasteiger partial charge in [-0.2, -0.15) is 0 Å². The van der Waals surface area contributed by atoms with E-state index in [1.54, 1.807) is 12.2 Å². The summed E-state index contributed by atoms with van der Waals surface area (Å²) in [5, 5.41) is 11.3. The minimum atomic E-state index is -0.218. The van der Waals surface area contributed by atoms with Gasteiger partial charge in [-0.15, -0.1) is 0 Å². The van der Waals surface area contributed by atoms with Crippen LogP contribution in [0.5, 0.6) is 0 Å². The molecular weight excluding hydrogens is 580 g/mol. The second-order valence-corrected chi connectivity index (χ2v) is 11.7. The minimum absolute atomic E-state index is 0.0309. The van der Waals surface area contributed by atoms with Crippen molar-refractivity contribution in [2.45, 2.75) is 20.8 Å². The fourth-order valence-corrected chi connectivity index (χ4v) is 6.08. The van der Waals surface area contributed by atoms with Crippen LogP contribution in [0.2, 0.25) is 0 Å². The Morgan fingerprint density at radius 1 is 0.617 bits per heavy atom. The molecule has 1 N–H and O–H groups in total. The monoisotopic (exact) mass is 613 g/mol. The van der Waals surface area contributed by atoms with Gasteiger partial charge < -0.3 is 9.84 Å². The molecule has 0 unspecified atom stereocenters. The van der Waals surface area contributed by atoms with Crippen molar-refractivity contribution in [1.82, 2.24) is 0 Å². The Kier molecular flexibility index (Phi) is 7.85. The molecule has 4 heteroatoms. The smallest absolute Gasteiger partial charge is 0.364 e. The zero-order chi connectivity index (χ0) is 32.5. The Morgan fingerprint density at radius 2 is 1.13 bits per heavy atom. The SMILES string of the molecule is Cc1ccccc1C1=CC(=CC2=C(O)C(=Cc3c(C)c(-c4ccccc4)[o+]c(-c4ccccc4)c3C)C2=O)C=C(c2ccccc2)O1. The number of aryl methyl sites for hydroxylation is 1. The van der Waals surface area contributed by atoms with Gasteiger partial charge in [0.25, 0.3) is 0 Å². The molecule has 1 aliphatic carbocycles. The first-order chi connectivity index (χ1) is 22.9. The maximum atomic E-state index is 13.7. The molecule has 2 aliphatic rings. The van der Waals surface area contributed by atoms with Gasteiger partial charge in [-0.05, 0) is 80.5 Å². The first-order valence-corrected chi connectivity index (χ1v) is 15.6. The number of carbonyl (C=O) groups excluding carboxylic acids is 1. The van der Waals surface area contributed by atoms with Crippen LogP contribution < -0.4 is 0 Å². The second-order valence-electron chi connectivity index (χ2n) is 11.7. The number of allylic oxidation sites excluding steroid dienone is 6. The summed E-state index contributed by atoms with van der Waals surface area (Å²) in [5.41, 5.74) is 8.73. The topological polar surface area (TPSA) is 57.8 Å². The summed E-state index contributed by atoms with van der Waals surface area (Å²) in [5.74, 6) is 2.53. The first-order valence-electron chi connectivity index (χ1n) is 15.6. The Bertz CT molecular complexity index is 2120. The summed E-state index contributed by atoms with van der Waals surface area (Å²) in [7, 11) is 0. The molecule has 2 heterocycles. The highest BCUT2D eigenvalue weighted by molar-refractivity contribution is 6.23. The van der Waals surface area contributed by atoms with Crippen LogP contribution in [-0.2, 0) is 9.53 Å². The van der Waals surface area contributed by atoms with Crippen molar-refractivity contribution in [2.75, 3.05) is 0 Å². The van der Waals surface area contributed by atoms with E-state index in [0.29, 0.717) is 23.0 Å². The molecule has 4 nitrogen and oxygen atoms in total. The van der Waals surface area contributed by atoms with E-state index in [1.807, 2.05) is 148 Å². The summed E-state index contributed by atoms with van der Waals surface area (Å²) in [6.45, 7) is 6.02. The van der Waals surface area contributed by atoms with Crippen LogP contribution in [0.4, 0.5) is 0 Å². The van der Waals surface area contributed by atoms with Gasteiger partial charge in [0.15, 0.2) is 0 Å². The van der Waals surface area contributed by atoms with Gasteiger partial charge in [0, 0.05) is 16.7 Å². The molecule has 0 amide bonds. The van der Waals surface area contributed by atoms with Gasteiger partial charge in [-0.3, -0.25) is 4.79 Å². The van der Waals surface area contributed by atoms with Gasteiger partial charge in [0.2, 0.25) is 5.78 Å². The van der Waals surface area contributed by atoms with E-state index in [-0.39, 0.29) is 22.7 Å². The fourth-order valence-electron chi connectivity index (χ4n) is 6.08. The number of carbonyl (C=O) groups is 1. The van der Waals surface area contributed by atoms with E-state index in [2.05, 4.69) is 0 Å². The lowest BCUT2D eigenvalue weighted by atomic mass is 9.83. The summed E-state index contributed by atoms with van der Waals surface area (Å²) < 4.78 is 12.9. The normalized spacial score (nSPS) is 16.1. The molecule has 1 aliphatic heterocycles. The summed E-state index contributed by atoms with van der Waals surface area (Å²) >= 11 is 0. The van der Waals surface area contributed by atoms with E-state index < -0.39 is 0 Å². The van der Waals surface area contributed by atoms with Crippen molar-refractivity contribution in [1.29, 1.82) is 0 Å². The Morgan fingerprint density at radius 3 is 1.68 bits per heavy atom. The average molecular weight is 614 g/mol. The number of aliphatic hydroxyl groups excluding tert-OH is 1. The van der Waals surface area contributed by atoms with Crippen molar-refractivity contribution >= 4 is 23.4 Å². The zero-order valence-corrected chi connectivity index (χ0v) is 26.5. The molecule has 0 fully saturated rings. The third-order valence-corrected chi connectivity index (χ3v) is 8.65. The number of rotatable bonds is 6. The van der Waals surface area contributed by atoms with Crippen LogP contribution in [0.25, 0.3) is 40.2 Å². The number of Topliss-reactive ketones (excluding diaryl/α,β-unsaturated/α-hetero) is 1. The molecule has 0 radical (unpaired) electrons.